The van der Waals surface area contributed by atoms with E-state index in [9.17, 15) is 9.59 Å². The zero-order valence-electron chi connectivity index (χ0n) is 14.6. The minimum absolute atomic E-state index is 0.00593. The van der Waals surface area contributed by atoms with Gasteiger partial charge >= 0.3 is 0 Å². The molecule has 1 aliphatic heterocycles. The van der Waals surface area contributed by atoms with Crippen molar-refractivity contribution in [2.75, 3.05) is 13.1 Å². The molecule has 0 spiro atoms. The van der Waals surface area contributed by atoms with Crippen LogP contribution in [-0.2, 0) is 4.79 Å². The van der Waals surface area contributed by atoms with E-state index < -0.39 is 0 Å². The molecule has 0 aromatic carbocycles. The van der Waals surface area contributed by atoms with Gasteiger partial charge in [0.15, 0.2) is 0 Å². The van der Waals surface area contributed by atoms with Crippen LogP contribution in [0.4, 0.5) is 0 Å². The average molecular weight is 377 g/mol. The fourth-order valence-corrected chi connectivity index (χ4v) is 4.85. The number of carbonyl (C=O) groups is 2. The molecule has 1 aliphatic rings. The van der Waals surface area contributed by atoms with Crippen LogP contribution in [0.25, 0.3) is 0 Å². The molecule has 1 N–H and O–H groups in total. The van der Waals surface area contributed by atoms with E-state index in [0.29, 0.717) is 19.0 Å². The fourth-order valence-electron chi connectivity index (χ4n) is 3.21. The van der Waals surface area contributed by atoms with Crippen LogP contribution in [0.3, 0.4) is 0 Å². The number of hydrogen-bond acceptors (Lipinski definition) is 4. The van der Waals surface area contributed by atoms with Crippen LogP contribution in [0.5, 0.6) is 0 Å². The zero-order chi connectivity index (χ0) is 17.8. The van der Waals surface area contributed by atoms with Gasteiger partial charge in [-0.25, -0.2) is 0 Å². The van der Waals surface area contributed by atoms with Gasteiger partial charge in [0.05, 0.1) is 10.9 Å². The molecule has 2 amide bonds. The fraction of sp³-hybridized carbons (Fsp3) is 0.474. The molecular formula is C19H24N2O2S2. The lowest BCUT2D eigenvalue weighted by Crippen LogP contribution is -2.44. The molecule has 0 bridgehead atoms. The number of nitrogens with one attached hydrogen (secondary N) is 1. The lowest BCUT2D eigenvalue weighted by Gasteiger charge is -2.32. The zero-order valence-corrected chi connectivity index (χ0v) is 16.2. The Kier molecular flexibility index (Phi) is 5.91. The predicted octanol–water partition coefficient (Wildman–Crippen LogP) is 4.18. The molecule has 0 unspecified atom stereocenters. The van der Waals surface area contributed by atoms with Crippen molar-refractivity contribution in [2.24, 2.45) is 11.8 Å². The van der Waals surface area contributed by atoms with Crippen LogP contribution >= 0.6 is 22.7 Å². The number of thiophene rings is 2. The Morgan fingerprint density at radius 1 is 1.12 bits per heavy atom. The summed E-state index contributed by atoms with van der Waals surface area (Å²) in [6, 6.07) is 7.93. The molecule has 3 heterocycles. The van der Waals surface area contributed by atoms with Crippen molar-refractivity contribution < 1.29 is 9.59 Å². The molecule has 0 radical (unpaired) electrons. The first-order valence-electron chi connectivity index (χ1n) is 8.73. The molecule has 1 saturated heterocycles. The quantitative estimate of drug-likeness (QED) is 0.851. The van der Waals surface area contributed by atoms with E-state index in [1.807, 2.05) is 33.9 Å². The molecule has 2 aromatic heterocycles. The van der Waals surface area contributed by atoms with Gasteiger partial charge < -0.3 is 10.2 Å². The molecule has 1 fully saturated rings. The largest absolute Gasteiger partial charge is 0.348 e. The van der Waals surface area contributed by atoms with Crippen LogP contribution in [0.2, 0.25) is 0 Å². The maximum Gasteiger partial charge on any atom is 0.263 e. The maximum absolute atomic E-state index is 12.7. The standard InChI is InChI=1S/C19H24N2O2S2/c1-13(2)17(15-5-3-11-24-15)20-18(22)14-7-9-21(10-8-14)19(23)16-6-4-12-25-16/h3-6,11-14,17H,7-10H2,1-2H3,(H,20,22)/t17-/m0/s1. The van der Waals surface area contributed by atoms with Gasteiger partial charge in [-0.1, -0.05) is 26.0 Å². The van der Waals surface area contributed by atoms with Crippen LogP contribution < -0.4 is 5.32 Å². The molecular weight excluding hydrogens is 352 g/mol. The summed E-state index contributed by atoms with van der Waals surface area (Å²) in [7, 11) is 0. The number of likely N-dealkylation sites (tertiary alicyclic amines) is 1. The van der Waals surface area contributed by atoms with Gasteiger partial charge in [0.25, 0.3) is 5.91 Å². The molecule has 0 aliphatic carbocycles. The summed E-state index contributed by atoms with van der Waals surface area (Å²) in [6.07, 6.45) is 1.47. The van der Waals surface area contributed by atoms with Gasteiger partial charge in [-0.2, -0.15) is 0 Å². The molecule has 4 nitrogen and oxygen atoms in total. The summed E-state index contributed by atoms with van der Waals surface area (Å²) in [5, 5.41) is 7.20. The Hall–Kier alpha value is -1.66. The predicted molar refractivity (Wildman–Crippen MR) is 103 cm³/mol. The summed E-state index contributed by atoms with van der Waals surface area (Å²) in [4.78, 5) is 29.0. The Morgan fingerprint density at radius 3 is 2.36 bits per heavy atom. The van der Waals surface area contributed by atoms with Crippen LogP contribution in [0.1, 0.15) is 47.3 Å². The molecule has 25 heavy (non-hydrogen) atoms. The van der Waals surface area contributed by atoms with E-state index in [2.05, 4.69) is 25.2 Å². The van der Waals surface area contributed by atoms with Gasteiger partial charge in [-0.3, -0.25) is 9.59 Å². The van der Waals surface area contributed by atoms with Crippen LogP contribution in [0.15, 0.2) is 35.0 Å². The number of hydrogen-bond donors (Lipinski definition) is 1. The van der Waals surface area contributed by atoms with Gasteiger partial charge in [0.2, 0.25) is 5.91 Å². The number of nitrogens with zero attached hydrogens (tertiary/aromatic N) is 1. The number of amides is 2. The Morgan fingerprint density at radius 2 is 1.80 bits per heavy atom. The first-order chi connectivity index (χ1) is 12.1. The highest BCUT2D eigenvalue weighted by Crippen LogP contribution is 2.27. The van der Waals surface area contributed by atoms with E-state index in [-0.39, 0.29) is 23.8 Å². The molecule has 1 atom stereocenters. The van der Waals surface area contributed by atoms with Gasteiger partial charge in [-0.05, 0) is 41.7 Å². The summed E-state index contributed by atoms with van der Waals surface area (Å²) in [6.45, 7) is 5.57. The number of piperidine rings is 1. The minimum Gasteiger partial charge on any atom is -0.348 e. The third-order valence-corrected chi connectivity index (χ3v) is 6.51. The summed E-state index contributed by atoms with van der Waals surface area (Å²) in [5.74, 6) is 0.555. The Balaban J connectivity index is 1.55. The molecule has 3 rings (SSSR count). The number of carbonyl (C=O) groups excluding carboxylic acids is 2. The van der Waals surface area contributed by atoms with Crippen LogP contribution in [0, 0.1) is 11.8 Å². The topological polar surface area (TPSA) is 49.4 Å². The normalized spacial score (nSPS) is 16.8. The summed E-state index contributed by atoms with van der Waals surface area (Å²) < 4.78 is 0. The Labute approximate surface area is 156 Å². The van der Waals surface area contributed by atoms with Crippen molar-refractivity contribution in [3.8, 4) is 0 Å². The monoisotopic (exact) mass is 376 g/mol. The first-order valence-corrected chi connectivity index (χ1v) is 10.5. The van der Waals surface area contributed by atoms with Gasteiger partial charge in [-0.15, -0.1) is 22.7 Å². The second-order valence-corrected chi connectivity index (χ2v) is 8.72. The average Bonchev–Trinajstić information content (AvgIpc) is 3.32. The van der Waals surface area contributed by atoms with E-state index >= 15 is 0 Å². The highest BCUT2D eigenvalue weighted by molar-refractivity contribution is 7.12. The molecule has 6 heteroatoms. The van der Waals surface area contributed by atoms with Gasteiger partial charge in [0.1, 0.15) is 0 Å². The highest BCUT2D eigenvalue weighted by Gasteiger charge is 2.30. The van der Waals surface area contributed by atoms with E-state index in [1.54, 1.807) is 11.3 Å². The van der Waals surface area contributed by atoms with Crippen molar-refractivity contribution in [1.82, 2.24) is 10.2 Å². The lowest BCUT2D eigenvalue weighted by molar-refractivity contribution is -0.127. The lowest BCUT2D eigenvalue weighted by atomic mass is 9.94. The van der Waals surface area contributed by atoms with E-state index in [1.165, 1.54) is 16.2 Å². The van der Waals surface area contributed by atoms with Crippen molar-refractivity contribution in [1.29, 1.82) is 0 Å². The minimum atomic E-state index is -0.00593. The molecule has 134 valence electrons. The SMILES string of the molecule is CC(C)[C@H](NC(=O)C1CCN(C(=O)c2cccs2)CC1)c1cccs1. The Bertz CT molecular complexity index is 687. The number of rotatable bonds is 5. The van der Waals surface area contributed by atoms with E-state index in [4.69, 9.17) is 0 Å². The third kappa shape index (κ3) is 4.30. The molecule has 2 aromatic rings. The van der Waals surface area contributed by atoms with Crippen molar-refractivity contribution >= 4 is 34.5 Å². The second-order valence-electron chi connectivity index (χ2n) is 6.79. The third-order valence-electron chi connectivity index (χ3n) is 4.70. The second kappa shape index (κ2) is 8.15. The van der Waals surface area contributed by atoms with Crippen molar-refractivity contribution in [2.45, 2.75) is 32.7 Å². The summed E-state index contributed by atoms with van der Waals surface area (Å²) >= 11 is 3.16. The highest BCUT2D eigenvalue weighted by atomic mass is 32.1. The van der Waals surface area contributed by atoms with E-state index in [0.717, 1.165) is 17.7 Å². The smallest absolute Gasteiger partial charge is 0.263 e. The maximum atomic E-state index is 12.7. The molecule has 0 saturated carbocycles. The summed E-state index contributed by atoms with van der Waals surface area (Å²) in [5.41, 5.74) is 0. The first kappa shape index (κ1) is 18.1. The van der Waals surface area contributed by atoms with Crippen LogP contribution in [-0.4, -0.2) is 29.8 Å². The van der Waals surface area contributed by atoms with Crippen molar-refractivity contribution in [3.63, 3.8) is 0 Å². The van der Waals surface area contributed by atoms with Gasteiger partial charge in [0, 0.05) is 23.9 Å². The van der Waals surface area contributed by atoms with Crippen molar-refractivity contribution in [3.05, 3.63) is 44.8 Å².